The van der Waals surface area contributed by atoms with Gasteiger partial charge in [0.1, 0.15) is 0 Å². The van der Waals surface area contributed by atoms with Crippen LogP contribution in [0.1, 0.15) is 25.8 Å². The van der Waals surface area contributed by atoms with Crippen molar-refractivity contribution in [3.8, 4) is 0 Å². The summed E-state index contributed by atoms with van der Waals surface area (Å²) in [4.78, 5) is 3.90. The van der Waals surface area contributed by atoms with Gasteiger partial charge in [-0.2, -0.15) is 0 Å². The van der Waals surface area contributed by atoms with Gasteiger partial charge in [-0.3, -0.25) is 4.99 Å². The van der Waals surface area contributed by atoms with E-state index in [1.54, 1.807) is 13.3 Å². The standard InChI is InChI=1S/C14H19IN2/c1-4-14(2,15)12-8-5-6-9-13(12)17-11-7-10-16-3/h5-11,17H,4H2,1-3H3/b11-7-,16-10?. The lowest BCUT2D eigenvalue weighted by Crippen LogP contribution is -2.13. The Morgan fingerprint density at radius 3 is 2.76 bits per heavy atom. The van der Waals surface area contributed by atoms with Crippen LogP contribution in [0.25, 0.3) is 0 Å². The van der Waals surface area contributed by atoms with Gasteiger partial charge in [0.25, 0.3) is 0 Å². The van der Waals surface area contributed by atoms with Gasteiger partial charge in [0.2, 0.25) is 0 Å². The molecule has 0 spiro atoms. The fourth-order valence-electron chi connectivity index (χ4n) is 1.52. The molecule has 0 radical (unpaired) electrons. The van der Waals surface area contributed by atoms with Crippen LogP contribution in [-0.4, -0.2) is 13.3 Å². The molecule has 0 aliphatic carbocycles. The summed E-state index contributed by atoms with van der Waals surface area (Å²) in [7, 11) is 1.76. The number of para-hydroxylation sites is 1. The highest BCUT2D eigenvalue weighted by Gasteiger charge is 2.22. The molecule has 0 aromatic heterocycles. The van der Waals surface area contributed by atoms with E-state index in [4.69, 9.17) is 0 Å². The fraction of sp³-hybridized carbons (Fsp3) is 0.357. The van der Waals surface area contributed by atoms with Gasteiger partial charge in [-0.05, 0) is 31.1 Å². The zero-order valence-electron chi connectivity index (χ0n) is 10.6. The zero-order valence-corrected chi connectivity index (χ0v) is 12.7. The predicted molar refractivity (Wildman–Crippen MR) is 85.3 cm³/mol. The molecule has 1 N–H and O–H groups in total. The lowest BCUT2D eigenvalue weighted by molar-refractivity contribution is 0.702. The first-order valence-electron chi connectivity index (χ1n) is 5.74. The summed E-state index contributed by atoms with van der Waals surface area (Å²) >= 11 is 2.51. The van der Waals surface area contributed by atoms with Gasteiger partial charge in [-0.15, -0.1) is 0 Å². The van der Waals surface area contributed by atoms with Crippen molar-refractivity contribution in [3.63, 3.8) is 0 Å². The molecule has 1 atom stereocenters. The van der Waals surface area contributed by atoms with Crippen LogP contribution >= 0.6 is 22.6 Å². The van der Waals surface area contributed by atoms with E-state index in [0.717, 1.165) is 12.1 Å². The van der Waals surface area contributed by atoms with Crippen molar-refractivity contribution < 1.29 is 0 Å². The SMILES string of the molecule is CCC(C)(I)c1ccccc1N/C=C\C=NC. The van der Waals surface area contributed by atoms with Gasteiger partial charge in [0.05, 0.1) is 0 Å². The number of hydrogen-bond donors (Lipinski definition) is 1. The van der Waals surface area contributed by atoms with Crippen LogP contribution in [0.2, 0.25) is 0 Å². The van der Waals surface area contributed by atoms with Crippen molar-refractivity contribution >= 4 is 34.5 Å². The van der Waals surface area contributed by atoms with E-state index in [-0.39, 0.29) is 3.42 Å². The maximum atomic E-state index is 3.90. The molecule has 1 unspecified atom stereocenters. The molecule has 0 saturated heterocycles. The summed E-state index contributed by atoms with van der Waals surface area (Å²) in [5, 5.41) is 3.31. The molecule has 0 heterocycles. The van der Waals surface area contributed by atoms with Crippen LogP contribution in [-0.2, 0) is 3.42 Å². The summed E-state index contributed by atoms with van der Waals surface area (Å²) in [6, 6.07) is 8.43. The van der Waals surface area contributed by atoms with Crippen molar-refractivity contribution in [2.24, 2.45) is 4.99 Å². The lowest BCUT2D eigenvalue weighted by Gasteiger charge is -2.24. The van der Waals surface area contributed by atoms with Crippen molar-refractivity contribution in [3.05, 3.63) is 42.1 Å². The molecular formula is C14H19IN2. The molecular weight excluding hydrogens is 323 g/mol. The topological polar surface area (TPSA) is 24.4 Å². The maximum Gasteiger partial charge on any atom is 0.0460 e. The number of alkyl halides is 1. The number of nitrogens with zero attached hydrogens (tertiary/aromatic N) is 1. The quantitative estimate of drug-likeness (QED) is 0.480. The van der Waals surface area contributed by atoms with E-state index in [2.05, 4.69) is 71.0 Å². The van der Waals surface area contributed by atoms with E-state index < -0.39 is 0 Å². The largest absolute Gasteiger partial charge is 0.361 e. The van der Waals surface area contributed by atoms with Gasteiger partial charge in [0, 0.05) is 28.6 Å². The molecule has 0 saturated carbocycles. The monoisotopic (exact) mass is 342 g/mol. The average Bonchev–Trinajstić information content (AvgIpc) is 2.35. The Kier molecular flexibility index (Phi) is 5.68. The molecule has 1 aromatic carbocycles. The molecule has 0 amide bonds. The van der Waals surface area contributed by atoms with Crippen molar-refractivity contribution in [2.45, 2.75) is 23.7 Å². The highest BCUT2D eigenvalue weighted by atomic mass is 127. The van der Waals surface area contributed by atoms with E-state index in [1.165, 1.54) is 5.56 Å². The Morgan fingerprint density at radius 2 is 2.12 bits per heavy atom. The second kappa shape index (κ2) is 6.79. The molecule has 3 heteroatoms. The third kappa shape index (κ3) is 4.15. The number of hydrogen-bond acceptors (Lipinski definition) is 2. The summed E-state index contributed by atoms with van der Waals surface area (Å²) in [5.74, 6) is 0. The van der Waals surface area contributed by atoms with Crippen molar-refractivity contribution in [1.29, 1.82) is 0 Å². The highest BCUT2D eigenvalue weighted by molar-refractivity contribution is 14.1. The number of benzene rings is 1. The second-order valence-corrected chi connectivity index (χ2v) is 6.39. The van der Waals surface area contributed by atoms with E-state index in [0.29, 0.717) is 0 Å². The Balaban J connectivity index is 2.92. The van der Waals surface area contributed by atoms with Crippen LogP contribution in [0.5, 0.6) is 0 Å². The van der Waals surface area contributed by atoms with Gasteiger partial charge < -0.3 is 5.32 Å². The molecule has 17 heavy (non-hydrogen) atoms. The molecule has 0 fully saturated rings. The van der Waals surface area contributed by atoms with Crippen LogP contribution in [0, 0.1) is 0 Å². The minimum absolute atomic E-state index is 0.161. The van der Waals surface area contributed by atoms with Crippen LogP contribution in [0.3, 0.4) is 0 Å². The van der Waals surface area contributed by atoms with E-state index in [1.807, 2.05) is 12.3 Å². The van der Waals surface area contributed by atoms with Gasteiger partial charge in [-0.1, -0.05) is 47.7 Å². The zero-order chi connectivity index (χ0) is 12.7. The first-order chi connectivity index (χ1) is 8.11. The summed E-state index contributed by atoms with van der Waals surface area (Å²) in [5.41, 5.74) is 2.49. The molecule has 92 valence electrons. The number of aliphatic imine (C=N–C) groups is 1. The van der Waals surface area contributed by atoms with Gasteiger partial charge in [-0.25, -0.2) is 0 Å². The van der Waals surface area contributed by atoms with Gasteiger partial charge in [0.15, 0.2) is 0 Å². The van der Waals surface area contributed by atoms with Crippen LogP contribution in [0.15, 0.2) is 41.5 Å². The Morgan fingerprint density at radius 1 is 1.41 bits per heavy atom. The van der Waals surface area contributed by atoms with Crippen molar-refractivity contribution in [1.82, 2.24) is 0 Å². The summed E-state index contributed by atoms with van der Waals surface area (Å²) in [6.45, 7) is 4.47. The fourth-order valence-corrected chi connectivity index (χ4v) is 1.99. The number of allylic oxidation sites excluding steroid dienone is 1. The number of nitrogens with one attached hydrogen (secondary N) is 1. The Labute approximate surface area is 117 Å². The Bertz CT molecular complexity index is 408. The predicted octanol–water partition coefficient (Wildman–Crippen LogP) is 4.37. The van der Waals surface area contributed by atoms with Crippen molar-refractivity contribution in [2.75, 3.05) is 12.4 Å². The summed E-state index contributed by atoms with van der Waals surface area (Å²) in [6.07, 6.45) is 6.67. The second-order valence-electron chi connectivity index (χ2n) is 4.01. The first-order valence-corrected chi connectivity index (χ1v) is 6.82. The molecule has 0 bridgehead atoms. The number of anilines is 1. The lowest BCUT2D eigenvalue weighted by atomic mass is 9.97. The molecule has 2 nitrogen and oxygen atoms in total. The smallest absolute Gasteiger partial charge is 0.0460 e. The van der Waals surface area contributed by atoms with E-state index >= 15 is 0 Å². The number of halogens is 1. The third-order valence-corrected chi connectivity index (χ3v) is 4.07. The molecule has 1 aromatic rings. The minimum atomic E-state index is 0.161. The van der Waals surface area contributed by atoms with Gasteiger partial charge >= 0.3 is 0 Å². The summed E-state index contributed by atoms with van der Waals surface area (Å²) < 4.78 is 0.161. The van der Waals surface area contributed by atoms with Crippen LogP contribution in [0.4, 0.5) is 5.69 Å². The first kappa shape index (κ1) is 14.2. The minimum Gasteiger partial charge on any atom is -0.361 e. The highest BCUT2D eigenvalue weighted by Crippen LogP contribution is 2.38. The maximum absolute atomic E-state index is 3.90. The normalized spacial score (nSPS) is 15.3. The molecule has 1 rings (SSSR count). The molecule has 0 aliphatic heterocycles. The average molecular weight is 342 g/mol. The van der Waals surface area contributed by atoms with Crippen LogP contribution < -0.4 is 5.32 Å². The third-order valence-electron chi connectivity index (χ3n) is 2.72. The molecule has 0 aliphatic rings. The Hall–Kier alpha value is -0.840. The van der Waals surface area contributed by atoms with E-state index in [9.17, 15) is 0 Å². The number of rotatable bonds is 5.